The van der Waals surface area contributed by atoms with Gasteiger partial charge in [0.1, 0.15) is 11.5 Å². The molecule has 8 nitrogen and oxygen atoms in total. The quantitative estimate of drug-likeness (QED) is 0.356. The molecule has 4 aromatic rings. The summed E-state index contributed by atoms with van der Waals surface area (Å²) in [5.41, 5.74) is 3.28. The molecule has 0 aliphatic heterocycles. The third-order valence-electron chi connectivity index (χ3n) is 5.49. The molecule has 0 fully saturated rings. The van der Waals surface area contributed by atoms with E-state index in [2.05, 4.69) is 15.6 Å². The Bertz CT molecular complexity index is 1400. The van der Waals surface area contributed by atoms with Gasteiger partial charge in [0.25, 0.3) is 5.91 Å². The molecule has 2 N–H and O–H groups in total. The molecule has 0 saturated carbocycles. The molecule has 0 aliphatic carbocycles. The molecule has 0 radical (unpaired) electrons. The molecule has 3 aromatic carbocycles. The van der Waals surface area contributed by atoms with E-state index >= 15 is 0 Å². The van der Waals surface area contributed by atoms with E-state index in [9.17, 15) is 14.4 Å². The lowest BCUT2D eigenvalue weighted by molar-refractivity contribution is -0.115. The van der Waals surface area contributed by atoms with Gasteiger partial charge >= 0.3 is 5.97 Å². The fraction of sp³-hybridized carbons (Fsp3) is 0.143. The number of ether oxygens (including phenoxy) is 1. The van der Waals surface area contributed by atoms with Crippen molar-refractivity contribution in [2.24, 2.45) is 0 Å². The summed E-state index contributed by atoms with van der Waals surface area (Å²) in [5.74, 6) is -0.160. The van der Waals surface area contributed by atoms with Crippen molar-refractivity contribution in [3.63, 3.8) is 0 Å². The zero-order chi connectivity index (χ0) is 25.5. The molecule has 0 bridgehead atoms. The van der Waals surface area contributed by atoms with E-state index < -0.39 is 5.97 Å². The van der Waals surface area contributed by atoms with Crippen LogP contribution in [0.5, 0.6) is 0 Å². The molecule has 0 spiro atoms. The SMILES string of the molecule is COC(=O)c1cccc(C(=O)NCc2nc(-c3ccccc3NC(=O)Cc3ccccc3)oc2C)c1. The van der Waals surface area contributed by atoms with Crippen molar-refractivity contribution in [1.82, 2.24) is 10.3 Å². The number of anilines is 1. The van der Waals surface area contributed by atoms with Crippen LogP contribution >= 0.6 is 0 Å². The Hall–Kier alpha value is -4.72. The number of rotatable bonds is 8. The topological polar surface area (TPSA) is 111 Å². The summed E-state index contributed by atoms with van der Waals surface area (Å²) in [4.78, 5) is 41.5. The molecule has 182 valence electrons. The number of hydrogen-bond donors (Lipinski definition) is 2. The van der Waals surface area contributed by atoms with Crippen LogP contribution < -0.4 is 10.6 Å². The molecule has 8 heteroatoms. The standard InChI is InChI=1S/C28H25N3O5/c1-18-24(17-29-26(33)20-11-8-12-21(16-20)28(34)35-2)31-27(36-18)22-13-6-7-14-23(22)30-25(32)15-19-9-4-3-5-10-19/h3-14,16H,15,17H2,1-2H3,(H,29,33)(H,30,32). The highest BCUT2D eigenvalue weighted by Crippen LogP contribution is 2.29. The Morgan fingerprint density at radius 1 is 0.917 bits per heavy atom. The van der Waals surface area contributed by atoms with Crippen molar-refractivity contribution in [3.05, 3.63) is 107 Å². The average Bonchev–Trinajstić information content (AvgIpc) is 3.27. The van der Waals surface area contributed by atoms with E-state index in [1.54, 1.807) is 31.2 Å². The molecular formula is C28H25N3O5. The van der Waals surface area contributed by atoms with Crippen LogP contribution in [0.3, 0.4) is 0 Å². The van der Waals surface area contributed by atoms with Crippen molar-refractivity contribution in [2.75, 3.05) is 12.4 Å². The van der Waals surface area contributed by atoms with E-state index in [1.807, 2.05) is 48.5 Å². The maximum Gasteiger partial charge on any atom is 0.337 e. The van der Waals surface area contributed by atoms with Gasteiger partial charge in [0.15, 0.2) is 0 Å². The number of carbonyl (C=O) groups is 3. The summed E-state index contributed by atoms with van der Waals surface area (Å²) in [6, 6.07) is 23.0. The monoisotopic (exact) mass is 483 g/mol. The summed E-state index contributed by atoms with van der Waals surface area (Å²) in [6.45, 7) is 1.88. The van der Waals surface area contributed by atoms with Crippen LogP contribution in [0, 0.1) is 6.92 Å². The first-order valence-corrected chi connectivity index (χ1v) is 11.3. The lowest BCUT2D eigenvalue weighted by Gasteiger charge is -2.09. The van der Waals surface area contributed by atoms with Gasteiger partial charge < -0.3 is 19.8 Å². The number of para-hydroxylation sites is 1. The van der Waals surface area contributed by atoms with E-state index in [0.29, 0.717) is 34.2 Å². The van der Waals surface area contributed by atoms with Crippen molar-refractivity contribution < 1.29 is 23.5 Å². The number of aryl methyl sites for hydroxylation is 1. The normalized spacial score (nSPS) is 10.5. The average molecular weight is 484 g/mol. The Balaban J connectivity index is 1.46. The van der Waals surface area contributed by atoms with E-state index in [0.717, 1.165) is 5.56 Å². The highest BCUT2D eigenvalue weighted by Gasteiger charge is 2.17. The fourth-order valence-electron chi connectivity index (χ4n) is 3.63. The molecule has 0 saturated heterocycles. The van der Waals surface area contributed by atoms with Crippen molar-refractivity contribution in [1.29, 1.82) is 0 Å². The summed E-state index contributed by atoms with van der Waals surface area (Å²) in [5, 5.41) is 5.73. The second-order valence-electron chi connectivity index (χ2n) is 8.03. The van der Waals surface area contributed by atoms with Gasteiger partial charge in [-0.25, -0.2) is 9.78 Å². The fourth-order valence-corrected chi connectivity index (χ4v) is 3.63. The minimum Gasteiger partial charge on any atom is -0.465 e. The molecule has 4 rings (SSSR count). The summed E-state index contributed by atoms with van der Waals surface area (Å²) in [6.07, 6.45) is 0.244. The van der Waals surface area contributed by atoms with E-state index in [1.165, 1.54) is 13.2 Å². The first-order chi connectivity index (χ1) is 17.4. The second-order valence-corrected chi connectivity index (χ2v) is 8.03. The van der Waals surface area contributed by atoms with Gasteiger partial charge in [0.2, 0.25) is 11.8 Å². The molecule has 1 heterocycles. The molecule has 1 aromatic heterocycles. The summed E-state index contributed by atoms with van der Waals surface area (Å²) < 4.78 is 10.6. The first-order valence-electron chi connectivity index (χ1n) is 11.3. The number of nitrogens with zero attached hydrogens (tertiary/aromatic N) is 1. The van der Waals surface area contributed by atoms with Crippen LogP contribution in [-0.2, 0) is 22.5 Å². The van der Waals surface area contributed by atoms with Crippen molar-refractivity contribution in [3.8, 4) is 11.5 Å². The lowest BCUT2D eigenvalue weighted by Crippen LogP contribution is -2.23. The predicted molar refractivity (Wildman–Crippen MR) is 134 cm³/mol. The highest BCUT2D eigenvalue weighted by molar-refractivity contribution is 5.98. The van der Waals surface area contributed by atoms with Crippen LogP contribution in [0.2, 0.25) is 0 Å². The Morgan fingerprint density at radius 3 is 2.42 bits per heavy atom. The highest BCUT2D eigenvalue weighted by atomic mass is 16.5. The summed E-state index contributed by atoms with van der Waals surface area (Å²) in [7, 11) is 1.28. The number of aromatic nitrogens is 1. The number of amides is 2. The zero-order valence-electron chi connectivity index (χ0n) is 19.9. The lowest BCUT2D eigenvalue weighted by atomic mass is 10.1. The number of methoxy groups -OCH3 is 1. The van der Waals surface area contributed by atoms with Gasteiger partial charge in [-0.05, 0) is 42.8 Å². The van der Waals surface area contributed by atoms with Gasteiger partial charge in [0, 0.05) is 5.56 Å². The van der Waals surface area contributed by atoms with Crippen molar-refractivity contribution in [2.45, 2.75) is 19.9 Å². The van der Waals surface area contributed by atoms with Crippen LogP contribution in [0.15, 0.2) is 83.3 Å². The third kappa shape index (κ3) is 5.85. The van der Waals surface area contributed by atoms with Gasteiger partial charge in [-0.3, -0.25) is 9.59 Å². The minimum atomic E-state index is -0.517. The van der Waals surface area contributed by atoms with E-state index in [4.69, 9.17) is 9.15 Å². The van der Waals surface area contributed by atoms with Gasteiger partial charge in [-0.15, -0.1) is 0 Å². The van der Waals surface area contributed by atoms with E-state index in [-0.39, 0.29) is 30.3 Å². The molecular weight excluding hydrogens is 458 g/mol. The number of benzene rings is 3. The first kappa shape index (κ1) is 24.4. The van der Waals surface area contributed by atoms with Gasteiger partial charge in [-0.2, -0.15) is 0 Å². The largest absolute Gasteiger partial charge is 0.465 e. The van der Waals surface area contributed by atoms with Gasteiger partial charge in [0.05, 0.1) is 36.9 Å². The molecule has 0 aliphatic rings. The van der Waals surface area contributed by atoms with Crippen LogP contribution in [-0.4, -0.2) is 29.9 Å². The number of esters is 1. The molecule has 0 atom stereocenters. The number of carbonyl (C=O) groups excluding carboxylic acids is 3. The maximum atomic E-state index is 12.6. The number of hydrogen-bond acceptors (Lipinski definition) is 6. The smallest absolute Gasteiger partial charge is 0.337 e. The minimum absolute atomic E-state index is 0.124. The Morgan fingerprint density at radius 2 is 1.64 bits per heavy atom. The molecule has 36 heavy (non-hydrogen) atoms. The predicted octanol–water partition coefficient (Wildman–Crippen LogP) is 4.55. The second kappa shape index (κ2) is 11.1. The van der Waals surface area contributed by atoms with Gasteiger partial charge in [-0.1, -0.05) is 48.5 Å². The Kier molecular flexibility index (Phi) is 7.55. The molecule has 0 unspecified atom stereocenters. The molecule has 2 amide bonds. The number of nitrogens with one attached hydrogen (secondary N) is 2. The maximum absolute atomic E-state index is 12.6. The number of oxazole rings is 1. The van der Waals surface area contributed by atoms with Crippen LogP contribution in [0.25, 0.3) is 11.5 Å². The third-order valence-corrected chi connectivity index (χ3v) is 5.49. The van der Waals surface area contributed by atoms with Crippen molar-refractivity contribution >= 4 is 23.5 Å². The van der Waals surface area contributed by atoms with Crippen LogP contribution in [0.4, 0.5) is 5.69 Å². The zero-order valence-corrected chi connectivity index (χ0v) is 19.9. The van der Waals surface area contributed by atoms with Crippen LogP contribution in [0.1, 0.15) is 37.7 Å². The summed E-state index contributed by atoms with van der Waals surface area (Å²) >= 11 is 0. The Labute approximate surface area is 208 Å².